The molecule has 1 aromatic heterocycles. The molecule has 0 aromatic carbocycles. The molecule has 0 saturated carbocycles. The standard InChI is InChI=1S/C8H13N3/c1-5-4-10-6(2)8(5)7(3)11-9/h4,10H,9H2,1-3H3/b11-7+. The topological polar surface area (TPSA) is 54.2 Å². The molecule has 0 bridgehead atoms. The zero-order valence-electron chi connectivity index (χ0n) is 7.10. The zero-order chi connectivity index (χ0) is 8.43. The van der Waals surface area contributed by atoms with Crippen molar-refractivity contribution in [2.45, 2.75) is 20.8 Å². The molecule has 0 spiro atoms. The van der Waals surface area contributed by atoms with Gasteiger partial charge in [0.15, 0.2) is 0 Å². The first-order valence-corrected chi connectivity index (χ1v) is 3.56. The normalized spacial score (nSPS) is 12.1. The van der Waals surface area contributed by atoms with Crippen molar-refractivity contribution in [2.24, 2.45) is 10.9 Å². The average Bonchev–Trinajstić information content (AvgIpc) is 2.30. The third kappa shape index (κ3) is 1.27. The largest absolute Gasteiger partial charge is 0.364 e. The summed E-state index contributed by atoms with van der Waals surface area (Å²) in [6.45, 7) is 5.95. The van der Waals surface area contributed by atoms with E-state index < -0.39 is 0 Å². The van der Waals surface area contributed by atoms with E-state index in [9.17, 15) is 0 Å². The van der Waals surface area contributed by atoms with Gasteiger partial charge in [0.1, 0.15) is 0 Å². The van der Waals surface area contributed by atoms with Crippen molar-refractivity contribution in [1.29, 1.82) is 0 Å². The molecule has 3 heteroatoms. The number of aryl methyl sites for hydroxylation is 2. The lowest BCUT2D eigenvalue weighted by molar-refractivity contribution is 1.22. The van der Waals surface area contributed by atoms with Gasteiger partial charge in [0.2, 0.25) is 0 Å². The summed E-state index contributed by atoms with van der Waals surface area (Å²) in [7, 11) is 0. The molecule has 0 fully saturated rings. The fraction of sp³-hybridized carbons (Fsp3) is 0.375. The van der Waals surface area contributed by atoms with Gasteiger partial charge in [0, 0.05) is 17.5 Å². The molecule has 11 heavy (non-hydrogen) atoms. The van der Waals surface area contributed by atoms with Crippen LogP contribution in [0.4, 0.5) is 0 Å². The predicted octanol–water partition coefficient (Wildman–Crippen LogP) is 1.31. The summed E-state index contributed by atoms with van der Waals surface area (Å²) >= 11 is 0. The van der Waals surface area contributed by atoms with Crippen LogP contribution in [0.2, 0.25) is 0 Å². The van der Waals surface area contributed by atoms with Crippen LogP contribution in [-0.4, -0.2) is 10.7 Å². The Labute approximate surface area is 66.3 Å². The minimum atomic E-state index is 0.876. The van der Waals surface area contributed by atoms with Gasteiger partial charge in [-0.15, -0.1) is 0 Å². The van der Waals surface area contributed by atoms with Gasteiger partial charge in [-0.3, -0.25) is 0 Å². The van der Waals surface area contributed by atoms with Gasteiger partial charge in [-0.05, 0) is 26.3 Å². The van der Waals surface area contributed by atoms with Crippen molar-refractivity contribution in [3.05, 3.63) is 23.0 Å². The van der Waals surface area contributed by atoms with Crippen LogP contribution in [-0.2, 0) is 0 Å². The smallest absolute Gasteiger partial charge is 0.0662 e. The molecule has 0 saturated heterocycles. The number of H-pyrrole nitrogens is 1. The maximum Gasteiger partial charge on any atom is 0.0662 e. The number of hydrogen-bond donors (Lipinski definition) is 2. The molecular weight excluding hydrogens is 138 g/mol. The minimum Gasteiger partial charge on any atom is -0.364 e. The number of aromatic amines is 1. The quantitative estimate of drug-likeness (QED) is 0.355. The SMILES string of the molecule is C/C(=N\N)c1c(C)c[nH]c1C. The lowest BCUT2D eigenvalue weighted by Crippen LogP contribution is -2.00. The Balaban J connectivity index is 3.21. The number of rotatable bonds is 1. The van der Waals surface area contributed by atoms with Gasteiger partial charge in [0.05, 0.1) is 5.71 Å². The Bertz CT molecular complexity index is 264. The van der Waals surface area contributed by atoms with Crippen LogP contribution < -0.4 is 5.84 Å². The van der Waals surface area contributed by atoms with Crippen LogP contribution in [0.1, 0.15) is 23.7 Å². The fourth-order valence-electron chi connectivity index (χ4n) is 1.28. The molecule has 3 N–H and O–H groups in total. The van der Waals surface area contributed by atoms with Crippen LogP contribution in [0.15, 0.2) is 11.3 Å². The first kappa shape index (κ1) is 7.85. The maximum absolute atomic E-state index is 5.18. The molecule has 0 amide bonds. The van der Waals surface area contributed by atoms with Gasteiger partial charge >= 0.3 is 0 Å². The number of hydrogen-bond acceptors (Lipinski definition) is 2. The highest BCUT2D eigenvalue weighted by Gasteiger charge is 2.06. The molecule has 0 aliphatic heterocycles. The summed E-state index contributed by atoms with van der Waals surface area (Å²) in [4.78, 5) is 3.12. The number of hydrazone groups is 1. The first-order chi connectivity index (χ1) is 5.16. The molecule has 1 aromatic rings. The number of nitrogens with zero attached hydrogens (tertiary/aromatic N) is 1. The minimum absolute atomic E-state index is 0.876. The molecule has 60 valence electrons. The van der Waals surface area contributed by atoms with Crippen molar-refractivity contribution in [3.8, 4) is 0 Å². The third-order valence-electron chi connectivity index (χ3n) is 1.83. The molecule has 0 aliphatic rings. The van der Waals surface area contributed by atoms with Gasteiger partial charge in [-0.2, -0.15) is 5.10 Å². The molecule has 0 unspecified atom stereocenters. The van der Waals surface area contributed by atoms with Crippen molar-refractivity contribution < 1.29 is 0 Å². The monoisotopic (exact) mass is 151 g/mol. The molecule has 0 radical (unpaired) electrons. The third-order valence-corrected chi connectivity index (χ3v) is 1.83. The summed E-state index contributed by atoms with van der Waals surface area (Å²) in [5.41, 5.74) is 4.32. The van der Waals surface area contributed by atoms with E-state index in [1.165, 1.54) is 5.56 Å². The average molecular weight is 151 g/mol. The summed E-state index contributed by atoms with van der Waals surface area (Å²) in [5, 5.41) is 3.65. The van der Waals surface area contributed by atoms with Crippen molar-refractivity contribution in [3.63, 3.8) is 0 Å². The molecule has 1 heterocycles. The number of nitrogens with two attached hydrogens (primary N) is 1. The zero-order valence-corrected chi connectivity index (χ0v) is 7.10. The van der Waals surface area contributed by atoms with Crippen LogP contribution in [0.5, 0.6) is 0 Å². The van der Waals surface area contributed by atoms with E-state index in [1.54, 1.807) is 0 Å². The Kier molecular flexibility index (Phi) is 1.98. The second-order valence-corrected chi connectivity index (χ2v) is 2.69. The van der Waals surface area contributed by atoms with E-state index in [-0.39, 0.29) is 0 Å². The van der Waals surface area contributed by atoms with Crippen LogP contribution >= 0.6 is 0 Å². The summed E-state index contributed by atoms with van der Waals surface area (Å²) in [6, 6.07) is 0. The second-order valence-electron chi connectivity index (χ2n) is 2.69. The molecule has 3 nitrogen and oxygen atoms in total. The first-order valence-electron chi connectivity index (χ1n) is 3.56. The van der Waals surface area contributed by atoms with E-state index in [2.05, 4.69) is 10.1 Å². The Morgan fingerprint density at radius 1 is 1.55 bits per heavy atom. The predicted molar refractivity (Wildman–Crippen MR) is 46.7 cm³/mol. The van der Waals surface area contributed by atoms with Gasteiger partial charge < -0.3 is 10.8 Å². The van der Waals surface area contributed by atoms with Gasteiger partial charge in [-0.25, -0.2) is 0 Å². The summed E-state index contributed by atoms with van der Waals surface area (Å²) in [5.74, 6) is 5.18. The lowest BCUT2D eigenvalue weighted by atomic mass is 10.1. The highest BCUT2D eigenvalue weighted by Crippen LogP contribution is 2.12. The summed E-state index contributed by atoms with van der Waals surface area (Å²) in [6.07, 6.45) is 1.96. The van der Waals surface area contributed by atoms with Crippen LogP contribution in [0.3, 0.4) is 0 Å². The Hall–Kier alpha value is -1.25. The maximum atomic E-state index is 5.18. The molecule has 0 atom stereocenters. The second kappa shape index (κ2) is 2.78. The van der Waals surface area contributed by atoms with Crippen LogP contribution in [0.25, 0.3) is 0 Å². The summed E-state index contributed by atoms with van der Waals surface area (Å²) < 4.78 is 0. The fourth-order valence-corrected chi connectivity index (χ4v) is 1.28. The van der Waals surface area contributed by atoms with Gasteiger partial charge in [0.25, 0.3) is 0 Å². The Morgan fingerprint density at radius 3 is 2.55 bits per heavy atom. The highest BCUT2D eigenvalue weighted by molar-refractivity contribution is 6.00. The molecule has 1 rings (SSSR count). The van der Waals surface area contributed by atoms with Crippen molar-refractivity contribution in [1.82, 2.24) is 4.98 Å². The molecule has 0 aliphatic carbocycles. The molecular formula is C8H13N3. The van der Waals surface area contributed by atoms with E-state index in [0.717, 1.165) is 17.0 Å². The van der Waals surface area contributed by atoms with Gasteiger partial charge in [-0.1, -0.05) is 0 Å². The Morgan fingerprint density at radius 2 is 2.18 bits per heavy atom. The van der Waals surface area contributed by atoms with Crippen LogP contribution in [0, 0.1) is 13.8 Å². The number of nitrogens with one attached hydrogen (secondary N) is 1. The highest BCUT2D eigenvalue weighted by atomic mass is 15.1. The number of aromatic nitrogens is 1. The van der Waals surface area contributed by atoms with E-state index >= 15 is 0 Å². The van der Waals surface area contributed by atoms with Crippen molar-refractivity contribution in [2.75, 3.05) is 0 Å². The van der Waals surface area contributed by atoms with E-state index in [4.69, 9.17) is 5.84 Å². The lowest BCUT2D eigenvalue weighted by Gasteiger charge is -1.98. The van der Waals surface area contributed by atoms with E-state index in [0.29, 0.717) is 0 Å². The van der Waals surface area contributed by atoms with E-state index in [1.807, 2.05) is 27.0 Å². The van der Waals surface area contributed by atoms with Crippen molar-refractivity contribution >= 4 is 5.71 Å².